The third kappa shape index (κ3) is 2.56. The first-order valence-corrected chi connectivity index (χ1v) is 6.65. The molecule has 1 aromatic rings. The molecule has 0 aromatic heterocycles. The summed E-state index contributed by atoms with van der Waals surface area (Å²) < 4.78 is 0. The molecule has 0 spiro atoms. The molecule has 0 saturated heterocycles. The van der Waals surface area contributed by atoms with Gasteiger partial charge in [0.15, 0.2) is 0 Å². The van der Waals surface area contributed by atoms with Crippen LogP contribution in [0.3, 0.4) is 0 Å². The summed E-state index contributed by atoms with van der Waals surface area (Å²) in [4.78, 5) is 11.6. The lowest BCUT2D eigenvalue weighted by Gasteiger charge is -2.36. The number of nitrogens with two attached hydrogens (primary N) is 1. The molecule has 0 radical (unpaired) electrons. The van der Waals surface area contributed by atoms with Crippen LogP contribution < -0.4 is 11.1 Å². The maximum atomic E-state index is 11.6. The monoisotopic (exact) mass is 246 g/mol. The van der Waals surface area contributed by atoms with Crippen molar-refractivity contribution in [3.8, 4) is 0 Å². The van der Waals surface area contributed by atoms with Gasteiger partial charge < -0.3 is 11.1 Å². The number of carbonyl (C=O) groups is 1. The average molecular weight is 246 g/mol. The Morgan fingerprint density at radius 3 is 2.94 bits per heavy atom. The molecule has 18 heavy (non-hydrogen) atoms. The van der Waals surface area contributed by atoms with Crippen LogP contribution in [0.5, 0.6) is 0 Å². The zero-order chi connectivity index (χ0) is 13.2. The smallest absolute Gasteiger partial charge is 0.236 e. The van der Waals surface area contributed by atoms with Crippen LogP contribution >= 0.6 is 0 Å². The number of carbonyl (C=O) groups excluding carboxylic acids is 1. The van der Waals surface area contributed by atoms with Crippen LogP contribution in [0.25, 0.3) is 0 Å². The van der Waals surface area contributed by atoms with Crippen LogP contribution in [0.2, 0.25) is 0 Å². The summed E-state index contributed by atoms with van der Waals surface area (Å²) in [6, 6.07) is 8.11. The second kappa shape index (κ2) is 5.11. The quantitative estimate of drug-likeness (QED) is 0.853. The molecule has 0 heterocycles. The summed E-state index contributed by atoms with van der Waals surface area (Å²) in [6.45, 7) is 4.61. The fourth-order valence-corrected chi connectivity index (χ4v) is 2.76. The maximum absolute atomic E-state index is 11.6. The molecule has 2 unspecified atom stereocenters. The molecule has 98 valence electrons. The fraction of sp³-hybridized carbons (Fsp3) is 0.533. The average Bonchev–Trinajstić information content (AvgIpc) is 2.36. The topological polar surface area (TPSA) is 55.1 Å². The summed E-state index contributed by atoms with van der Waals surface area (Å²) in [7, 11) is 0. The molecule has 1 aromatic carbocycles. The van der Waals surface area contributed by atoms with Crippen LogP contribution in [0.15, 0.2) is 24.3 Å². The number of hydrogen-bond donors (Lipinski definition) is 2. The summed E-state index contributed by atoms with van der Waals surface area (Å²) in [5.74, 6) is -0.0701. The maximum Gasteiger partial charge on any atom is 0.236 e. The van der Waals surface area contributed by atoms with Crippen LogP contribution in [0.4, 0.5) is 0 Å². The minimum Gasteiger partial charge on any atom is -0.354 e. The molecule has 1 aliphatic carbocycles. The van der Waals surface area contributed by atoms with Gasteiger partial charge in [0.05, 0.1) is 6.04 Å². The standard InChI is InChI=1S/C15H22N2O/c1-11(16)14(18)17-10-15(2)9-5-7-12-6-3-4-8-13(12)15/h3-4,6,8,11H,5,7,9-10,16H2,1-2H3,(H,17,18). The molecule has 0 fully saturated rings. The molecule has 0 aliphatic heterocycles. The van der Waals surface area contributed by atoms with E-state index in [0.717, 1.165) is 12.8 Å². The van der Waals surface area contributed by atoms with E-state index in [1.54, 1.807) is 6.92 Å². The lowest BCUT2D eigenvalue weighted by atomic mass is 9.71. The second-order valence-electron chi connectivity index (χ2n) is 5.58. The number of hydrogen-bond acceptors (Lipinski definition) is 2. The molecular weight excluding hydrogens is 224 g/mol. The van der Waals surface area contributed by atoms with Crippen molar-refractivity contribution in [1.82, 2.24) is 5.32 Å². The number of rotatable bonds is 3. The van der Waals surface area contributed by atoms with Crippen LogP contribution in [0, 0.1) is 0 Å². The Hall–Kier alpha value is -1.35. The van der Waals surface area contributed by atoms with Gasteiger partial charge in [-0.1, -0.05) is 31.2 Å². The van der Waals surface area contributed by atoms with E-state index in [2.05, 4.69) is 36.5 Å². The first kappa shape index (κ1) is 13.1. The Morgan fingerprint density at radius 1 is 1.50 bits per heavy atom. The second-order valence-corrected chi connectivity index (χ2v) is 5.58. The Labute approximate surface area is 109 Å². The molecule has 3 nitrogen and oxygen atoms in total. The first-order valence-electron chi connectivity index (χ1n) is 6.65. The lowest BCUT2D eigenvalue weighted by Crippen LogP contribution is -2.45. The van der Waals surface area contributed by atoms with Crippen molar-refractivity contribution >= 4 is 5.91 Å². The van der Waals surface area contributed by atoms with Crippen molar-refractivity contribution in [1.29, 1.82) is 0 Å². The normalized spacial score (nSPS) is 24.2. The highest BCUT2D eigenvalue weighted by molar-refractivity contribution is 5.81. The zero-order valence-corrected chi connectivity index (χ0v) is 11.2. The summed E-state index contributed by atoms with van der Waals surface area (Å²) in [6.07, 6.45) is 3.44. The third-order valence-electron chi connectivity index (χ3n) is 3.91. The Balaban J connectivity index is 2.15. The molecule has 2 atom stereocenters. The summed E-state index contributed by atoms with van der Waals surface area (Å²) >= 11 is 0. The fourth-order valence-electron chi connectivity index (χ4n) is 2.76. The van der Waals surface area contributed by atoms with Crippen molar-refractivity contribution in [2.45, 2.75) is 44.6 Å². The summed E-state index contributed by atoms with van der Waals surface area (Å²) in [5, 5.41) is 2.97. The van der Waals surface area contributed by atoms with E-state index in [9.17, 15) is 4.79 Å². The van der Waals surface area contributed by atoms with Gasteiger partial charge >= 0.3 is 0 Å². The molecule has 1 amide bonds. The van der Waals surface area contributed by atoms with Crippen molar-refractivity contribution in [3.05, 3.63) is 35.4 Å². The van der Waals surface area contributed by atoms with E-state index in [1.807, 2.05) is 0 Å². The summed E-state index contributed by atoms with van der Waals surface area (Å²) in [5.41, 5.74) is 8.41. The molecule has 0 bridgehead atoms. The van der Waals surface area contributed by atoms with Crippen molar-refractivity contribution < 1.29 is 4.79 Å². The number of fused-ring (bicyclic) bond motifs is 1. The van der Waals surface area contributed by atoms with Crippen molar-refractivity contribution in [2.24, 2.45) is 5.73 Å². The molecule has 2 rings (SSSR count). The molecule has 1 aliphatic rings. The molecule has 0 saturated carbocycles. The Kier molecular flexibility index (Phi) is 3.71. The number of aryl methyl sites for hydroxylation is 1. The predicted molar refractivity (Wildman–Crippen MR) is 73.4 cm³/mol. The van der Waals surface area contributed by atoms with Crippen LogP contribution in [-0.4, -0.2) is 18.5 Å². The predicted octanol–water partition coefficient (Wildman–Crippen LogP) is 1.74. The number of amides is 1. The van der Waals surface area contributed by atoms with Crippen molar-refractivity contribution in [3.63, 3.8) is 0 Å². The SMILES string of the molecule is CC(N)C(=O)NCC1(C)CCCc2ccccc21. The van der Waals surface area contributed by atoms with E-state index in [1.165, 1.54) is 17.5 Å². The number of nitrogens with one attached hydrogen (secondary N) is 1. The first-order chi connectivity index (χ1) is 8.53. The molecule has 3 heteroatoms. The largest absolute Gasteiger partial charge is 0.354 e. The Morgan fingerprint density at radius 2 is 2.22 bits per heavy atom. The van der Waals surface area contributed by atoms with Gasteiger partial charge in [-0.3, -0.25) is 4.79 Å². The minimum absolute atomic E-state index is 0.0411. The highest BCUT2D eigenvalue weighted by Gasteiger charge is 2.32. The van der Waals surface area contributed by atoms with E-state index in [-0.39, 0.29) is 11.3 Å². The van der Waals surface area contributed by atoms with Crippen molar-refractivity contribution in [2.75, 3.05) is 6.54 Å². The lowest BCUT2D eigenvalue weighted by molar-refractivity contribution is -0.122. The zero-order valence-electron chi connectivity index (χ0n) is 11.2. The van der Waals surface area contributed by atoms with Gasteiger partial charge in [0.1, 0.15) is 0 Å². The van der Waals surface area contributed by atoms with Crippen LogP contribution in [-0.2, 0) is 16.6 Å². The van der Waals surface area contributed by atoms with Gasteiger partial charge in [0.2, 0.25) is 5.91 Å². The molecular formula is C15H22N2O. The minimum atomic E-state index is -0.438. The van der Waals surface area contributed by atoms with Gasteiger partial charge in [-0.25, -0.2) is 0 Å². The van der Waals surface area contributed by atoms with Gasteiger partial charge in [-0.05, 0) is 37.3 Å². The highest BCUT2D eigenvalue weighted by Crippen LogP contribution is 2.36. The third-order valence-corrected chi connectivity index (χ3v) is 3.91. The van der Waals surface area contributed by atoms with Gasteiger partial charge in [-0.2, -0.15) is 0 Å². The van der Waals surface area contributed by atoms with Crippen LogP contribution in [0.1, 0.15) is 37.8 Å². The highest BCUT2D eigenvalue weighted by atomic mass is 16.2. The Bertz CT molecular complexity index is 442. The van der Waals surface area contributed by atoms with E-state index >= 15 is 0 Å². The van der Waals surface area contributed by atoms with Gasteiger partial charge in [-0.15, -0.1) is 0 Å². The van der Waals surface area contributed by atoms with E-state index in [0.29, 0.717) is 6.54 Å². The number of benzene rings is 1. The van der Waals surface area contributed by atoms with Gasteiger partial charge in [0.25, 0.3) is 0 Å². The van der Waals surface area contributed by atoms with E-state index < -0.39 is 6.04 Å². The van der Waals surface area contributed by atoms with Gasteiger partial charge in [0, 0.05) is 12.0 Å². The van der Waals surface area contributed by atoms with E-state index in [4.69, 9.17) is 5.73 Å². The molecule has 3 N–H and O–H groups in total.